The Kier molecular flexibility index (Phi) is 5.25. The topological polar surface area (TPSA) is 123 Å². The number of carboxylic acid groups (broad SMARTS) is 1. The summed E-state index contributed by atoms with van der Waals surface area (Å²) in [6.07, 6.45) is 1.91. The summed E-state index contributed by atoms with van der Waals surface area (Å²) in [6, 6.07) is -0.408. The molecule has 0 saturated carbocycles. The van der Waals surface area contributed by atoms with Gasteiger partial charge in [0, 0.05) is 12.6 Å². The van der Waals surface area contributed by atoms with Crippen LogP contribution in [0.4, 0.5) is 0 Å². The maximum atomic E-state index is 11.8. The molecule has 1 heterocycles. The van der Waals surface area contributed by atoms with Crippen LogP contribution in [-0.4, -0.2) is 44.6 Å². The Hall–Kier alpha value is -1.96. The van der Waals surface area contributed by atoms with Gasteiger partial charge in [-0.2, -0.15) is 0 Å². The molecule has 1 atom stereocenters. The first-order chi connectivity index (χ1) is 8.56. The number of hydrogen-bond donors (Lipinski definition) is 3. The predicted octanol–water partition coefficient (Wildman–Crippen LogP) is -0.780. The van der Waals surface area contributed by atoms with Gasteiger partial charge in [-0.05, 0) is 6.42 Å². The number of aromatic nitrogens is 3. The number of carbonyl (C=O) groups is 2. The molecule has 0 bridgehead atoms. The van der Waals surface area contributed by atoms with Gasteiger partial charge in [-0.25, -0.2) is 0 Å². The molecule has 100 valence electrons. The largest absolute Gasteiger partial charge is 0.481 e. The summed E-state index contributed by atoms with van der Waals surface area (Å²) in [4.78, 5) is 22.3. The number of nitrogens with one attached hydrogen (secondary N) is 1. The van der Waals surface area contributed by atoms with E-state index in [9.17, 15) is 9.59 Å². The first-order valence-corrected chi connectivity index (χ1v) is 5.69. The number of carbonyl (C=O) groups excluding carboxylic acids is 1. The maximum absolute atomic E-state index is 11.8. The zero-order chi connectivity index (χ0) is 13.5. The Morgan fingerprint density at radius 1 is 1.61 bits per heavy atom. The number of hydrogen-bond acceptors (Lipinski definition) is 5. The molecule has 0 saturated heterocycles. The molecule has 0 aliphatic carbocycles. The van der Waals surface area contributed by atoms with E-state index in [1.807, 2.05) is 0 Å². The van der Waals surface area contributed by atoms with Gasteiger partial charge in [-0.1, -0.05) is 12.1 Å². The van der Waals surface area contributed by atoms with Crippen LogP contribution < -0.4 is 11.1 Å². The van der Waals surface area contributed by atoms with Crippen molar-refractivity contribution in [2.45, 2.75) is 32.4 Å². The lowest BCUT2D eigenvalue weighted by Crippen LogP contribution is -2.36. The predicted molar refractivity (Wildman–Crippen MR) is 62.9 cm³/mol. The number of amides is 1. The van der Waals surface area contributed by atoms with Crippen LogP contribution in [-0.2, 0) is 11.3 Å². The second-order valence-electron chi connectivity index (χ2n) is 3.83. The summed E-state index contributed by atoms with van der Waals surface area (Å²) in [7, 11) is 0. The second kappa shape index (κ2) is 6.70. The lowest BCUT2D eigenvalue weighted by molar-refractivity contribution is -0.137. The van der Waals surface area contributed by atoms with E-state index in [1.54, 1.807) is 6.92 Å². The van der Waals surface area contributed by atoms with Gasteiger partial charge in [-0.15, -0.1) is 5.10 Å². The van der Waals surface area contributed by atoms with E-state index in [2.05, 4.69) is 15.6 Å². The molecule has 0 aromatic carbocycles. The Bertz CT molecular complexity index is 417. The number of nitrogens with two attached hydrogens (primary N) is 1. The number of aliphatic carboxylic acids is 1. The molecular weight excluding hydrogens is 238 g/mol. The van der Waals surface area contributed by atoms with Gasteiger partial charge in [-0.3, -0.25) is 14.3 Å². The lowest BCUT2D eigenvalue weighted by Gasteiger charge is -2.13. The van der Waals surface area contributed by atoms with Crippen molar-refractivity contribution in [3.63, 3.8) is 0 Å². The van der Waals surface area contributed by atoms with E-state index in [4.69, 9.17) is 10.8 Å². The van der Waals surface area contributed by atoms with Crippen molar-refractivity contribution >= 4 is 11.9 Å². The van der Waals surface area contributed by atoms with Crippen molar-refractivity contribution in [1.29, 1.82) is 0 Å². The molecule has 0 spiro atoms. The van der Waals surface area contributed by atoms with E-state index in [-0.39, 0.29) is 12.1 Å². The van der Waals surface area contributed by atoms with Crippen molar-refractivity contribution in [2.24, 2.45) is 5.73 Å². The molecule has 0 aliphatic rings. The molecule has 0 aliphatic heterocycles. The molecule has 8 heteroatoms. The molecular formula is C10H17N5O3. The summed E-state index contributed by atoms with van der Waals surface area (Å²) in [6.45, 7) is 2.69. The van der Waals surface area contributed by atoms with Crippen molar-refractivity contribution < 1.29 is 14.7 Å². The van der Waals surface area contributed by atoms with Crippen molar-refractivity contribution in [2.75, 3.05) is 6.54 Å². The molecule has 0 fully saturated rings. The molecule has 1 amide bonds. The minimum Gasteiger partial charge on any atom is -0.481 e. The van der Waals surface area contributed by atoms with Crippen LogP contribution in [0.3, 0.4) is 0 Å². The molecule has 1 unspecified atom stereocenters. The summed E-state index contributed by atoms with van der Waals surface area (Å²) < 4.78 is 1.47. The molecule has 1 aromatic rings. The average molecular weight is 255 g/mol. The van der Waals surface area contributed by atoms with Gasteiger partial charge >= 0.3 is 5.97 Å². The molecule has 1 rings (SSSR count). The monoisotopic (exact) mass is 255 g/mol. The number of carboxylic acids is 1. The quantitative estimate of drug-likeness (QED) is 0.587. The summed E-state index contributed by atoms with van der Waals surface area (Å²) in [5.41, 5.74) is 5.51. The first-order valence-electron chi connectivity index (χ1n) is 5.69. The van der Waals surface area contributed by atoms with E-state index < -0.39 is 17.9 Å². The Balaban J connectivity index is 2.59. The summed E-state index contributed by atoms with van der Waals surface area (Å²) >= 11 is 0. The molecule has 4 N–H and O–H groups in total. The highest BCUT2D eigenvalue weighted by atomic mass is 16.4. The lowest BCUT2D eigenvalue weighted by atomic mass is 10.1. The number of rotatable bonds is 7. The third kappa shape index (κ3) is 4.13. The first kappa shape index (κ1) is 14.1. The van der Waals surface area contributed by atoms with Crippen LogP contribution in [0.1, 0.15) is 30.3 Å². The van der Waals surface area contributed by atoms with Gasteiger partial charge in [0.05, 0.1) is 19.2 Å². The third-order valence-electron chi connectivity index (χ3n) is 2.38. The average Bonchev–Trinajstić information content (AvgIpc) is 2.76. The van der Waals surface area contributed by atoms with Gasteiger partial charge in [0.1, 0.15) is 0 Å². The Morgan fingerprint density at radius 3 is 2.89 bits per heavy atom. The number of nitrogens with zero attached hydrogens (tertiary/aromatic N) is 3. The minimum absolute atomic E-state index is 0.112. The van der Waals surface area contributed by atoms with Crippen LogP contribution in [0.25, 0.3) is 0 Å². The zero-order valence-electron chi connectivity index (χ0n) is 10.2. The van der Waals surface area contributed by atoms with Crippen LogP contribution in [0.5, 0.6) is 0 Å². The minimum atomic E-state index is -0.950. The summed E-state index contributed by atoms with van der Waals surface area (Å²) in [5.74, 6) is -1.37. The van der Waals surface area contributed by atoms with Crippen LogP contribution in [0.2, 0.25) is 0 Å². The van der Waals surface area contributed by atoms with Gasteiger partial charge in [0.25, 0.3) is 5.91 Å². The molecule has 0 radical (unpaired) electrons. The Morgan fingerprint density at radius 2 is 2.33 bits per heavy atom. The van der Waals surface area contributed by atoms with Crippen LogP contribution in [0, 0.1) is 0 Å². The van der Waals surface area contributed by atoms with Crippen LogP contribution >= 0.6 is 0 Å². The van der Waals surface area contributed by atoms with Crippen molar-refractivity contribution in [3.8, 4) is 0 Å². The highest BCUT2D eigenvalue weighted by Gasteiger charge is 2.17. The third-order valence-corrected chi connectivity index (χ3v) is 2.38. The fraction of sp³-hybridized carbons (Fsp3) is 0.600. The highest BCUT2D eigenvalue weighted by Crippen LogP contribution is 2.00. The van der Waals surface area contributed by atoms with E-state index in [1.165, 1.54) is 10.9 Å². The van der Waals surface area contributed by atoms with E-state index >= 15 is 0 Å². The molecule has 18 heavy (non-hydrogen) atoms. The highest BCUT2D eigenvalue weighted by molar-refractivity contribution is 5.92. The smallest absolute Gasteiger partial charge is 0.305 e. The van der Waals surface area contributed by atoms with Gasteiger partial charge in [0.15, 0.2) is 5.69 Å². The fourth-order valence-electron chi connectivity index (χ4n) is 1.41. The van der Waals surface area contributed by atoms with Crippen molar-refractivity contribution in [1.82, 2.24) is 20.3 Å². The van der Waals surface area contributed by atoms with Gasteiger partial charge < -0.3 is 16.2 Å². The maximum Gasteiger partial charge on any atom is 0.305 e. The standard InChI is InChI=1S/C10H17N5O3/c1-2-7(5-9(16)17)12-10(18)8-6-15(4-3-11)14-13-8/h6-7H,2-5,11H2,1H3,(H,12,18)(H,16,17). The summed E-state index contributed by atoms with van der Waals surface area (Å²) in [5, 5.41) is 18.7. The van der Waals surface area contributed by atoms with E-state index in [0.717, 1.165) is 0 Å². The van der Waals surface area contributed by atoms with Crippen LogP contribution in [0.15, 0.2) is 6.20 Å². The fourth-order valence-corrected chi connectivity index (χ4v) is 1.41. The second-order valence-corrected chi connectivity index (χ2v) is 3.83. The SMILES string of the molecule is CCC(CC(=O)O)NC(=O)c1cn(CCN)nn1. The zero-order valence-corrected chi connectivity index (χ0v) is 10.2. The van der Waals surface area contributed by atoms with E-state index in [0.29, 0.717) is 19.5 Å². The molecule has 8 nitrogen and oxygen atoms in total. The van der Waals surface area contributed by atoms with Crippen molar-refractivity contribution in [3.05, 3.63) is 11.9 Å². The Labute approximate surface area is 104 Å². The van der Waals surface area contributed by atoms with Gasteiger partial charge in [0.2, 0.25) is 0 Å². The molecule has 1 aromatic heterocycles. The normalized spacial score (nSPS) is 12.1.